The molecule has 0 amide bonds. The Morgan fingerprint density at radius 3 is 1.53 bits per heavy atom. The van der Waals surface area contributed by atoms with Crippen molar-refractivity contribution in [2.45, 2.75) is 0 Å². The smallest absolute Gasteiger partial charge is 0.528 e. The van der Waals surface area contributed by atoms with E-state index in [0.29, 0.717) is 0 Å². The van der Waals surface area contributed by atoms with E-state index in [0.717, 1.165) is 11.5 Å². The van der Waals surface area contributed by atoms with Crippen LogP contribution < -0.4 is 9.31 Å². The summed E-state index contributed by atoms with van der Waals surface area (Å²) in [5, 5.41) is 0. The van der Waals surface area contributed by atoms with E-state index in [4.69, 9.17) is 9.31 Å². The predicted octanol–water partition coefficient (Wildman–Crippen LogP) is 1.20. The minimum absolute atomic E-state index is 0.175. The maximum atomic E-state index is 5.33. The van der Waals surface area contributed by atoms with Crippen LogP contribution in [-0.2, 0) is 0 Å². The van der Waals surface area contributed by atoms with Gasteiger partial charge in [-0.15, -0.1) is 0 Å². The molecule has 0 fully saturated rings. The monoisotopic (exact) mass is 200 g/mol. The van der Waals surface area contributed by atoms with Gasteiger partial charge in [-0.2, -0.15) is 0 Å². The molecule has 0 saturated carbocycles. The van der Waals surface area contributed by atoms with Crippen LogP contribution in [0.3, 0.4) is 0 Å². The fraction of sp³-hybridized carbons (Fsp3) is 0. The molecule has 0 N–H and O–H groups in total. The van der Waals surface area contributed by atoms with Crippen molar-refractivity contribution >= 4 is 7.69 Å². The van der Waals surface area contributed by atoms with Gasteiger partial charge in [0.05, 0.1) is 0 Å². The number of hydrogen-bond acceptors (Lipinski definition) is 4. The summed E-state index contributed by atoms with van der Waals surface area (Å²) in [7, 11) is 0.175. The third-order valence-corrected chi connectivity index (χ3v) is 1.75. The zero-order valence-corrected chi connectivity index (χ0v) is 8.04. The van der Waals surface area contributed by atoms with Crippen molar-refractivity contribution in [3.63, 3.8) is 0 Å². The van der Waals surface area contributed by atoms with Gasteiger partial charge in [0.2, 0.25) is 0 Å². The van der Waals surface area contributed by atoms with Gasteiger partial charge in [-0.25, -0.2) is 0 Å². The first kappa shape index (κ1) is 9.52. The van der Waals surface area contributed by atoms with Crippen LogP contribution in [0.1, 0.15) is 0 Å². The van der Waals surface area contributed by atoms with Gasteiger partial charge in [0, 0.05) is 24.8 Å². The zero-order chi connectivity index (χ0) is 10.3. The molecule has 0 unspecified atom stereocenters. The summed E-state index contributed by atoms with van der Waals surface area (Å²) >= 11 is 0. The molecule has 0 atom stereocenters. The Morgan fingerprint density at radius 2 is 1.13 bits per heavy atom. The average Bonchev–Trinajstić information content (AvgIpc) is 2.32. The van der Waals surface area contributed by atoms with Crippen LogP contribution in [0.2, 0.25) is 0 Å². The van der Waals surface area contributed by atoms with E-state index >= 15 is 0 Å². The van der Waals surface area contributed by atoms with Crippen LogP contribution in [0.15, 0.2) is 49.1 Å². The summed E-state index contributed by atoms with van der Waals surface area (Å²) in [6, 6.07) is 7.09. The lowest BCUT2D eigenvalue weighted by molar-refractivity contribution is 0.458. The molecule has 0 aliphatic heterocycles. The van der Waals surface area contributed by atoms with E-state index in [1.807, 2.05) is 0 Å². The quantitative estimate of drug-likeness (QED) is 0.695. The third-order valence-electron chi connectivity index (χ3n) is 1.75. The minimum Gasteiger partial charge on any atom is -0.528 e. The number of rotatable bonds is 4. The summed E-state index contributed by atoms with van der Waals surface area (Å²) in [4.78, 5) is 7.77. The van der Waals surface area contributed by atoms with Crippen LogP contribution in [0.4, 0.5) is 0 Å². The van der Waals surface area contributed by atoms with Gasteiger partial charge in [-0.1, -0.05) is 0 Å². The number of pyridine rings is 2. The first-order valence-corrected chi connectivity index (χ1v) is 4.51. The Labute approximate surface area is 88.2 Å². The molecule has 0 aliphatic carbocycles. The molecule has 2 heterocycles. The van der Waals surface area contributed by atoms with Crippen LogP contribution in [0.5, 0.6) is 11.5 Å². The summed E-state index contributed by atoms with van der Waals surface area (Å²) in [5.74, 6) is 1.47. The van der Waals surface area contributed by atoms with Crippen LogP contribution >= 0.6 is 0 Å². The van der Waals surface area contributed by atoms with Gasteiger partial charge >= 0.3 is 7.69 Å². The predicted molar refractivity (Wildman–Crippen MR) is 56.9 cm³/mol. The highest BCUT2D eigenvalue weighted by molar-refractivity contribution is 6.20. The molecule has 0 saturated heterocycles. The molecule has 4 nitrogen and oxygen atoms in total. The maximum absolute atomic E-state index is 5.33. The lowest BCUT2D eigenvalue weighted by Crippen LogP contribution is -2.10. The molecule has 2 aromatic rings. The Hall–Kier alpha value is -2.04. The first-order valence-electron chi connectivity index (χ1n) is 4.51. The largest absolute Gasteiger partial charge is 0.576 e. The van der Waals surface area contributed by atoms with E-state index in [-0.39, 0.29) is 7.69 Å². The summed E-state index contributed by atoms with van der Waals surface area (Å²) in [5.41, 5.74) is 0. The lowest BCUT2D eigenvalue weighted by Gasteiger charge is -2.05. The number of nitrogens with zero attached hydrogens (tertiary/aromatic N) is 2. The van der Waals surface area contributed by atoms with Gasteiger partial charge in [-0.3, -0.25) is 9.97 Å². The maximum Gasteiger partial charge on any atom is 0.576 e. The van der Waals surface area contributed by atoms with Crippen LogP contribution in [0.25, 0.3) is 0 Å². The summed E-state index contributed by atoms with van der Waals surface area (Å²) in [6.07, 6.45) is 6.67. The van der Waals surface area contributed by atoms with Crippen molar-refractivity contribution in [1.29, 1.82) is 0 Å². The fourth-order valence-corrected chi connectivity index (χ4v) is 1.03. The molecular weight excluding hydrogens is 191 g/mol. The molecule has 74 valence electrons. The van der Waals surface area contributed by atoms with E-state index in [2.05, 4.69) is 9.97 Å². The van der Waals surface area contributed by atoms with Gasteiger partial charge < -0.3 is 9.31 Å². The van der Waals surface area contributed by atoms with Gasteiger partial charge in [-0.05, 0) is 24.3 Å². The Kier molecular flexibility index (Phi) is 3.17. The van der Waals surface area contributed by atoms with Crippen molar-refractivity contribution in [3.8, 4) is 11.5 Å². The lowest BCUT2D eigenvalue weighted by atomic mass is 10.3. The van der Waals surface area contributed by atoms with Crippen LogP contribution in [-0.4, -0.2) is 17.7 Å². The molecule has 2 aromatic heterocycles. The molecule has 5 heteroatoms. The average molecular weight is 200 g/mol. The molecule has 15 heavy (non-hydrogen) atoms. The number of aromatic nitrogens is 2. The fourth-order valence-electron chi connectivity index (χ4n) is 1.03. The van der Waals surface area contributed by atoms with Gasteiger partial charge in [0.15, 0.2) is 0 Å². The minimum atomic E-state index is 0.175. The zero-order valence-electron chi connectivity index (χ0n) is 8.04. The highest BCUT2D eigenvalue weighted by Gasteiger charge is 1.97. The molecule has 0 radical (unpaired) electrons. The third kappa shape index (κ3) is 2.98. The molecule has 0 bridgehead atoms. The SMILES string of the molecule is B(Oc1ccncc1)Oc1ccncc1. The molecule has 0 aromatic carbocycles. The first-order chi connectivity index (χ1) is 7.45. The topological polar surface area (TPSA) is 44.2 Å². The Morgan fingerprint density at radius 1 is 0.733 bits per heavy atom. The standard InChI is InChI=1S/C10H9BN2O2/c1-5-12-6-2-9(1)14-11-15-10-3-7-13-8-4-10/h1-8,11H. The van der Waals surface area contributed by atoms with Crippen molar-refractivity contribution < 1.29 is 9.31 Å². The van der Waals surface area contributed by atoms with Crippen molar-refractivity contribution in [3.05, 3.63) is 49.1 Å². The second-order valence-corrected chi connectivity index (χ2v) is 2.77. The second-order valence-electron chi connectivity index (χ2n) is 2.77. The molecule has 2 rings (SSSR count). The van der Waals surface area contributed by atoms with Crippen molar-refractivity contribution in [2.24, 2.45) is 0 Å². The van der Waals surface area contributed by atoms with Crippen molar-refractivity contribution in [1.82, 2.24) is 9.97 Å². The number of hydrogen-bond donors (Lipinski definition) is 0. The Balaban J connectivity index is 1.81. The van der Waals surface area contributed by atoms with Crippen molar-refractivity contribution in [2.75, 3.05) is 0 Å². The highest BCUT2D eigenvalue weighted by atomic mass is 16.6. The normalized spacial score (nSPS) is 9.33. The molecule has 0 spiro atoms. The summed E-state index contributed by atoms with van der Waals surface area (Å²) < 4.78 is 10.7. The molecular formula is C10H9BN2O2. The van der Waals surface area contributed by atoms with Gasteiger partial charge in [0.25, 0.3) is 0 Å². The summed E-state index contributed by atoms with van der Waals surface area (Å²) in [6.45, 7) is 0. The van der Waals surface area contributed by atoms with Gasteiger partial charge in [0.1, 0.15) is 11.5 Å². The van der Waals surface area contributed by atoms with Crippen LogP contribution in [0, 0.1) is 0 Å². The van der Waals surface area contributed by atoms with E-state index in [1.54, 1.807) is 49.1 Å². The van der Waals surface area contributed by atoms with E-state index in [9.17, 15) is 0 Å². The van der Waals surface area contributed by atoms with E-state index in [1.165, 1.54) is 0 Å². The highest BCUT2D eigenvalue weighted by Crippen LogP contribution is 2.08. The molecule has 0 aliphatic rings. The Bertz CT molecular complexity index is 357. The second kappa shape index (κ2) is 5.00. The van der Waals surface area contributed by atoms with E-state index < -0.39 is 0 Å².